The molecule has 2 rings (SSSR count). The summed E-state index contributed by atoms with van der Waals surface area (Å²) in [6.07, 6.45) is 1.66. The first-order chi connectivity index (χ1) is 7.27. The third-order valence-corrected chi connectivity index (χ3v) is 2.02. The highest BCUT2D eigenvalue weighted by Crippen LogP contribution is 2.04. The molecule has 0 amide bonds. The number of rotatable bonds is 0. The molecule has 3 heteroatoms. The molecule has 0 N–H and O–H groups in total. The Labute approximate surface area is 87.4 Å². The van der Waals surface area contributed by atoms with Crippen LogP contribution in [-0.4, -0.2) is 9.78 Å². The zero-order chi connectivity index (χ0) is 10.7. The van der Waals surface area contributed by atoms with Crippen molar-refractivity contribution in [3.05, 3.63) is 53.6 Å². The van der Waals surface area contributed by atoms with E-state index in [-0.39, 0.29) is 5.82 Å². The van der Waals surface area contributed by atoms with Gasteiger partial charge in [-0.15, -0.1) is 0 Å². The van der Waals surface area contributed by atoms with Gasteiger partial charge in [-0.25, -0.2) is 4.39 Å². The lowest BCUT2D eigenvalue weighted by atomic mass is 10.2. The molecule has 0 aliphatic heterocycles. The Morgan fingerprint density at radius 1 is 1.20 bits per heavy atom. The van der Waals surface area contributed by atoms with E-state index in [1.807, 2.05) is 0 Å². The van der Waals surface area contributed by atoms with Crippen molar-refractivity contribution >= 4 is 0 Å². The van der Waals surface area contributed by atoms with Gasteiger partial charge in [0.05, 0.1) is 11.8 Å². The maximum atomic E-state index is 13.2. The van der Waals surface area contributed by atoms with E-state index in [0.29, 0.717) is 5.56 Å². The van der Waals surface area contributed by atoms with Gasteiger partial charge in [-0.3, -0.25) is 4.68 Å². The van der Waals surface area contributed by atoms with E-state index < -0.39 is 0 Å². The van der Waals surface area contributed by atoms with Gasteiger partial charge in [-0.2, -0.15) is 5.10 Å². The second-order valence-electron chi connectivity index (χ2n) is 3.07. The van der Waals surface area contributed by atoms with E-state index in [9.17, 15) is 4.39 Å². The van der Waals surface area contributed by atoms with Gasteiger partial charge in [0.15, 0.2) is 0 Å². The van der Waals surface area contributed by atoms with E-state index in [1.165, 1.54) is 6.07 Å². The van der Waals surface area contributed by atoms with Gasteiger partial charge in [-0.05, 0) is 24.1 Å². The molecule has 2 aromatic rings. The van der Waals surface area contributed by atoms with Crippen molar-refractivity contribution in [2.24, 2.45) is 7.05 Å². The summed E-state index contributed by atoms with van der Waals surface area (Å²) in [4.78, 5) is 0. The van der Waals surface area contributed by atoms with Crippen LogP contribution >= 0.6 is 0 Å². The zero-order valence-corrected chi connectivity index (χ0v) is 8.24. The minimum atomic E-state index is -0.299. The summed E-state index contributed by atoms with van der Waals surface area (Å²) < 4.78 is 14.8. The van der Waals surface area contributed by atoms with Crippen molar-refractivity contribution in [2.45, 2.75) is 0 Å². The molecule has 0 atom stereocenters. The fourth-order valence-electron chi connectivity index (χ4n) is 1.19. The lowest BCUT2D eigenvalue weighted by Crippen LogP contribution is -1.93. The van der Waals surface area contributed by atoms with Gasteiger partial charge in [0.2, 0.25) is 0 Å². The first-order valence-electron chi connectivity index (χ1n) is 4.52. The van der Waals surface area contributed by atoms with E-state index in [2.05, 4.69) is 16.9 Å². The summed E-state index contributed by atoms with van der Waals surface area (Å²) in [5.74, 6) is 5.33. The first kappa shape index (κ1) is 9.47. The van der Waals surface area contributed by atoms with Crippen LogP contribution in [-0.2, 0) is 7.05 Å². The highest BCUT2D eigenvalue weighted by atomic mass is 19.1. The van der Waals surface area contributed by atoms with Crippen molar-refractivity contribution in [1.29, 1.82) is 0 Å². The Morgan fingerprint density at radius 2 is 2.00 bits per heavy atom. The second-order valence-corrected chi connectivity index (χ2v) is 3.07. The molecule has 1 aromatic heterocycles. The molecule has 0 radical (unpaired) electrons. The zero-order valence-electron chi connectivity index (χ0n) is 8.24. The number of halogens is 1. The Balaban J connectivity index is 2.34. The van der Waals surface area contributed by atoms with Crippen molar-refractivity contribution in [1.82, 2.24) is 9.78 Å². The lowest BCUT2D eigenvalue weighted by Gasteiger charge is -1.92. The predicted octanol–water partition coefficient (Wildman–Crippen LogP) is 1.96. The van der Waals surface area contributed by atoms with E-state index >= 15 is 0 Å². The fraction of sp³-hybridized carbons (Fsp3) is 0.0833. The van der Waals surface area contributed by atoms with Gasteiger partial charge < -0.3 is 0 Å². The minimum absolute atomic E-state index is 0.299. The van der Waals surface area contributed by atoms with E-state index in [0.717, 1.165) is 5.69 Å². The molecule has 0 spiro atoms. The molecule has 0 aliphatic carbocycles. The van der Waals surface area contributed by atoms with Crippen LogP contribution in [0.2, 0.25) is 0 Å². The molecule has 1 aromatic carbocycles. The number of aryl methyl sites for hydroxylation is 1. The number of aromatic nitrogens is 2. The highest BCUT2D eigenvalue weighted by Gasteiger charge is 1.96. The molecule has 0 unspecified atom stereocenters. The normalized spacial score (nSPS) is 9.47. The smallest absolute Gasteiger partial charge is 0.138 e. The number of benzene rings is 1. The quantitative estimate of drug-likeness (QED) is 0.594. The summed E-state index contributed by atoms with van der Waals surface area (Å²) in [6.45, 7) is 0. The van der Waals surface area contributed by atoms with Crippen molar-refractivity contribution in [3.63, 3.8) is 0 Å². The lowest BCUT2D eigenvalue weighted by molar-refractivity contribution is 0.624. The largest absolute Gasteiger partial charge is 0.260 e. The van der Waals surface area contributed by atoms with Crippen LogP contribution in [0.4, 0.5) is 4.39 Å². The van der Waals surface area contributed by atoms with Crippen LogP contribution < -0.4 is 0 Å². The van der Waals surface area contributed by atoms with Crippen molar-refractivity contribution < 1.29 is 4.39 Å². The molecule has 0 saturated heterocycles. The molecule has 0 saturated carbocycles. The third-order valence-electron chi connectivity index (χ3n) is 2.02. The summed E-state index contributed by atoms with van der Waals surface area (Å²) in [7, 11) is 1.80. The monoisotopic (exact) mass is 200 g/mol. The van der Waals surface area contributed by atoms with Crippen LogP contribution in [0.3, 0.4) is 0 Å². The number of hydrogen-bond acceptors (Lipinski definition) is 1. The average Bonchev–Trinajstić information content (AvgIpc) is 2.63. The molecule has 15 heavy (non-hydrogen) atoms. The van der Waals surface area contributed by atoms with E-state index in [1.54, 1.807) is 42.2 Å². The topological polar surface area (TPSA) is 17.8 Å². The van der Waals surface area contributed by atoms with Crippen molar-refractivity contribution in [3.8, 4) is 11.8 Å². The van der Waals surface area contributed by atoms with Crippen LogP contribution in [0.25, 0.3) is 0 Å². The average molecular weight is 200 g/mol. The molecule has 1 heterocycles. The molecule has 0 fully saturated rings. The van der Waals surface area contributed by atoms with E-state index in [4.69, 9.17) is 0 Å². The maximum absolute atomic E-state index is 13.2. The molecular formula is C12H9FN2. The van der Waals surface area contributed by atoms with Crippen molar-refractivity contribution in [2.75, 3.05) is 0 Å². The second kappa shape index (κ2) is 3.97. The maximum Gasteiger partial charge on any atom is 0.138 e. The summed E-state index contributed by atoms with van der Waals surface area (Å²) in [5.41, 5.74) is 1.16. The Morgan fingerprint density at radius 3 is 2.67 bits per heavy atom. The predicted molar refractivity (Wildman–Crippen MR) is 55.6 cm³/mol. The number of nitrogens with zero attached hydrogens (tertiary/aromatic N) is 2. The van der Waals surface area contributed by atoms with Crippen LogP contribution in [0.1, 0.15) is 11.3 Å². The molecule has 2 nitrogen and oxygen atoms in total. The van der Waals surface area contributed by atoms with Gasteiger partial charge >= 0.3 is 0 Å². The van der Waals surface area contributed by atoms with Gasteiger partial charge in [0.25, 0.3) is 0 Å². The SMILES string of the molecule is Cn1nccc1C#Cc1ccccc1F. The molecular weight excluding hydrogens is 191 g/mol. The highest BCUT2D eigenvalue weighted by molar-refractivity contribution is 5.40. The standard InChI is InChI=1S/C12H9FN2/c1-15-11(8-9-14-15)7-6-10-4-2-3-5-12(10)13/h2-5,8-9H,1H3. The number of hydrogen-bond donors (Lipinski definition) is 0. The molecule has 0 aliphatic rings. The van der Waals surface area contributed by atoms with Crippen LogP contribution in [0.5, 0.6) is 0 Å². The minimum Gasteiger partial charge on any atom is -0.260 e. The van der Waals surface area contributed by atoms with Gasteiger partial charge in [0, 0.05) is 7.05 Å². The third kappa shape index (κ3) is 2.05. The summed E-state index contributed by atoms with van der Waals surface area (Å²) in [5, 5.41) is 3.97. The van der Waals surface area contributed by atoms with Gasteiger partial charge in [-0.1, -0.05) is 18.1 Å². The van der Waals surface area contributed by atoms with Gasteiger partial charge in [0.1, 0.15) is 11.5 Å². The molecule has 0 bridgehead atoms. The summed E-state index contributed by atoms with van der Waals surface area (Å²) >= 11 is 0. The first-order valence-corrected chi connectivity index (χ1v) is 4.52. The van der Waals surface area contributed by atoms with Crippen LogP contribution in [0.15, 0.2) is 36.5 Å². The Bertz CT molecular complexity index is 532. The molecule has 74 valence electrons. The Hall–Kier alpha value is -2.08. The van der Waals surface area contributed by atoms with Crippen LogP contribution in [0, 0.1) is 17.7 Å². The summed E-state index contributed by atoms with van der Waals surface area (Å²) in [6, 6.07) is 8.24. The Kier molecular flexibility index (Phi) is 2.51. The fourth-order valence-corrected chi connectivity index (χ4v) is 1.19.